The van der Waals surface area contributed by atoms with Crippen molar-refractivity contribution in [2.24, 2.45) is 0 Å². The van der Waals surface area contributed by atoms with Gasteiger partial charge in [-0.15, -0.1) is 0 Å². The summed E-state index contributed by atoms with van der Waals surface area (Å²) in [7, 11) is 1.62. The number of nitrogens with zero attached hydrogens (tertiary/aromatic N) is 7. The maximum absolute atomic E-state index is 5.13. The maximum Gasteiger partial charge on any atom is 0.225 e. The quantitative estimate of drug-likeness (QED) is 0.709. The van der Waals surface area contributed by atoms with Crippen LogP contribution in [0.1, 0.15) is 24.5 Å². The number of aromatic nitrogens is 5. The zero-order valence-corrected chi connectivity index (χ0v) is 14.7. The Morgan fingerprint density at radius 1 is 1.00 bits per heavy atom. The van der Waals surface area contributed by atoms with Crippen molar-refractivity contribution in [2.75, 3.05) is 43.1 Å². The molecule has 2 fully saturated rings. The molecule has 1 aliphatic carbocycles. The number of ether oxygens (including phenoxy) is 1. The zero-order chi connectivity index (χ0) is 17.5. The first-order valence-corrected chi connectivity index (χ1v) is 9.02. The first kappa shape index (κ1) is 15.4. The summed E-state index contributed by atoms with van der Waals surface area (Å²) >= 11 is 0. The minimum absolute atomic E-state index is 0.645. The van der Waals surface area contributed by atoms with Crippen LogP contribution in [-0.2, 0) is 0 Å². The summed E-state index contributed by atoms with van der Waals surface area (Å²) in [5.41, 5.74) is 2.30. The standard InChI is InChI=1S/C18H21N7O/c1-26-14-11-20-18(21-12-14)24-8-6-23(7-9-24)17-16-10-15(13-2-3-13)22-25(16)5-4-19-17/h4-5,10-13H,2-3,6-9H2,1H3. The predicted octanol–water partition coefficient (Wildman–Crippen LogP) is 1.73. The van der Waals surface area contributed by atoms with E-state index in [1.54, 1.807) is 19.5 Å². The van der Waals surface area contributed by atoms with Gasteiger partial charge in [-0.25, -0.2) is 19.5 Å². The van der Waals surface area contributed by atoms with Crippen molar-refractivity contribution < 1.29 is 4.74 Å². The van der Waals surface area contributed by atoms with E-state index in [0.29, 0.717) is 11.7 Å². The molecule has 1 saturated heterocycles. The Morgan fingerprint density at radius 3 is 2.42 bits per heavy atom. The van der Waals surface area contributed by atoms with Crippen molar-refractivity contribution in [3.63, 3.8) is 0 Å². The third-order valence-electron chi connectivity index (χ3n) is 5.10. The predicted molar refractivity (Wildman–Crippen MR) is 98.0 cm³/mol. The first-order valence-electron chi connectivity index (χ1n) is 9.02. The highest BCUT2D eigenvalue weighted by molar-refractivity contribution is 5.69. The summed E-state index contributed by atoms with van der Waals surface area (Å²) in [6.07, 6.45) is 9.71. The van der Waals surface area contributed by atoms with Gasteiger partial charge in [-0.1, -0.05) is 0 Å². The van der Waals surface area contributed by atoms with Crippen molar-refractivity contribution in [3.05, 3.63) is 36.5 Å². The van der Waals surface area contributed by atoms with Crippen LogP contribution in [0.4, 0.5) is 11.8 Å². The minimum Gasteiger partial charge on any atom is -0.494 e. The summed E-state index contributed by atoms with van der Waals surface area (Å²) in [5.74, 6) is 3.08. The van der Waals surface area contributed by atoms with Crippen LogP contribution in [0, 0.1) is 0 Å². The second-order valence-corrected chi connectivity index (χ2v) is 6.82. The minimum atomic E-state index is 0.645. The molecule has 8 nitrogen and oxygen atoms in total. The molecule has 26 heavy (non-hydrogen) atoms. The highest BCUT2D eigenvalue weighted by Gasteiger charge is 2.28. The van der Waals surface area contributed by atoms with E-state index in [4.69, 9.17) is 9.84 Å². The van der Waals surface area contributed by atoms with E-state index in [2.05, 4.69) is 30.8 Å². The summed E-state index contributed by atoms with van der Waals surface area (Å²) in [5, 5.41) is 4.72. The zero-order valence-electron chi connectivity index (χ0n) is 14.7. The third kappa shape index (κ3) is 2.71. The van der Waals surface area contributed by atoms with Gasteiger partial charge in [0, 0.05) is 44.5 Å². The van der Waals surface area contributed by atoms with Crippen LogP contribution in [0.25, 0.3) is 5.52 Å². The normalized spacial score (nSPS) is 17.7. The van der Waals surface area contributed by atoms with Crippen molar-refractivity contribution in [2.45, 2.75) is 18.8 Å². The van der Waals surface area contributed by atoms with Crippen molar-refractivity contribution in [1.82, 2.24) is 24.6 Å². The smallest absolute Gasteiger partial charge is 0.225 e. The lowest BCUT2D eigenvalue weighted by Crippen LogP contribution is -2.47. The lowest BCUT2D eigenvalue weighted by molar-refractivity contribution is 0.410. The Bertz CT molecular complexity index is 911. The fourth-order valence-corrected chi connectivity index (χ4v) is 3.45. The van der Waals surface area contributed by atoms with Gasteiger partial charge in [-0.05, 0) is 18.9 Å². The van der Waals surface area contributed by atoms with E-state index >= 15 is 0 Å². The summed E-state index contributed by atoms with van der Waals surface area (Å²) in [4.78, 5) is 18.0. The van der Waals surface area contributed by atoms with Crippen LogP contribution in [0.15, 0.2) is 30.9 Å². The molecule has 5 rings (SSSR count). The molecular formula is C18H21N7O. The third-order valence-corrected chi connectivity index (χ3v) is 5.10. The molecule has 2 aliphatic rings. The van der Waals surface area contributed by atoms with Gasteiger partial charge < -0.3 is 14.5 Å². The van der Waals surface area contributed by atoms with Crippen LogP contribution in [0.2, 0.25) is 0 Å². The average molecular weight is 351 g/mol. The molecule has 134 valence electrons. The monoisotopic (exact) mass is 351 g/mol. The largest absolute Gasteiger partial charge is 0.494 e. The van der Waals surface area contributed by atoms with Crippen LogP contribution >= 0.6 is 0 Å². The van der Waals surface area contributed by atoms with Gasteiger partial charge in [-0.2, -0.15) is 5.10 Å². The van der Waals surface area contributed by atoms with Gasteiger partial charge in [0.05, 0.1) is 25.2 Å². The van der Waals surface area contributed by atoms with Gasteiger partial charge in [0.25, 0.3) is 0 Å². The summed E-state index contributed by atoms with van der Waals surface area (Å²) in [6.45, 7) is 3.48. The van der Waals surface area contributed by atoms with Gasteiger partial charge in [0.15, 0.2) is 11.6 Å². The number of anilines is 2. The Morgan fingerprint density at radius 2 is 1.73 bits per heavy atom. The molecule has 0 radical (unpaired) electrons. The van der Waals surface area contributed by atoms with Crippen LogP contribution < -0.4 is 14.5 Å². The molecule has 3 aromatic rings. The molecule has 0 bridgehead atoms. The molecule has 0 N–H and O–H groups in total. The number of hydrogen-bond donors (Lipinski definition) is 0. The molecule has 0 aromatic carbocycles. The Hall–Kier alpha value is -2.90. The van der Waals surface area contributed by atoms with Crippen molar-refractivity contribution in [3.8, 4) is 5.75 Å². The fourth-order valence-electron chi connectivity index (χ4n) is 3.45. The van der Waals surface area contributed by atoms with Gasteiger partial charge in [0.2, 0.25) is 5.95 Å². The molecule has 3 aromatic heterocycles. The van der Waals surface area contributed by atoms with Crippen LogP contribution in [0.3, 0.4) is 0 Å². The van der Waals surface area contributed by atoms with Gasteiger partial charge in [0.1, 0.15) is 5.52 Å². The highest BCUT2D eigenvalue weighted by atomic mass is 16.5. The van der Waals surface area contributed by atoms with E-state index in [9.17, 15) is 0 Å². The SMILES string of the molecule is COc1cnc(N2CCN(c3nccn4nc(C5CC5)cc34)CC2)nc1. The molecule has 8 heteroatoms. The van der Waals surface area contributed by atoms with E-state index in [1.807, 2.05) is 16.9 Å². The molecule has 0 amide bonds. The lowest BCUT2D eigenvalue weighted by Gasteiger charge is -2.35. The Kier molecular flexibility index (Phi) is 3.62. The summed E-state index contributed by atoms with van der Waals surface area (Å²) < 4.78 is 7.09. The van der Waals surface area contributed by atoms with Crippen molar-refractivity contribution >= 4 is 17.3 Å². The van der Waals surface area contributed by atoms with E-state index in [-0.39, 0.29) is 0 Å². The molecule has 1 aliphatic heterocycles. The van der Waals surface area contributed by atoms with Gasteiger partial charge >= 0.3 is 0 Å². The molecule has 0 spiro atoms. The van der Waals surface area contributed by atoms with Crippen LogP contribution in [-0.4, -0.2) is 57.9 Å². The topological polar surface area (TPSA) is 71.7 Å². The Labute approximate surface area is 151 Å². The number of methoxy groups -OCH3 is 1. The van der Waals surface area contributed by atoms with E-state index in [1.165, 1.54) is 18.5 Å². The van der Waals surface area contributed by atoms with E-state index < -0.39 is 0 Å². The Balaban J connectivity index is 1.34. The fraction of sp³-hybridized carbons (Fsp3) is 0.444. The molecule has 0 unspecified atom stereocenters. The molecular weight excluding hydrogens is 330 g/mol. The van der Waals surface area contributed by atoms with Crippen LogP contribution in [0.5, 0.6) is 5.75 Å². The number of rotatable bonds is 4. The molecule has 4 heterocycles. The average Bonchev–Trinajstić information content (AvgIpc) is 3.46. The molecule has 0 atom stereocenters. The first-order chi connectivity index (χ1) is 12.8. The number of piperazine rings is 1. The van der Waals surface area contributed by atoms with E-state index in [0.717, 1.165) is 43.5 Å². The second-order valence-electron chi connectivity index (χ2n) is 6.82. The van der Waals surface area contributed by atoms with Gasteiger partial charge in [-0.3, -0.25) is 0 Å². The molecule has 1 saturated carbocycles. The summed E-state index contributed by atoms with van der Waals surface area (Å²) in [6, 6.07) is 2.21. The highest BCUT2D eigenvalue weighted by Crippen LogP contribution is 2.40. The lowest BCUT2D eigenvalue weighted by atomic mass is 10.2. The number of hydrogen-bond acceptors (Lipinski definition) is 7. The maximum atomic E-state index is 5.13. The van der Waals surface area contributed by atoms with Crippen molar-refractivity contribution in [1.29, 1.82) is 0 Å². The second kappa shape index (κ2) is 6.12. The number of fused-ring (bicyclic) bond motifs is 1.